The second-order valence-corrected chi connectivity index (χ2v) is 12.1. The van der Waals surface area contributed by atoms with Crippen LogP contribution in [0.3, 0.4) is 0 Å². The zero-order valence-electron chi connectivity index (χ0n) is 26.2. The summed E-state index contributed by atoms with van der Waals surface area (Å²) in [5, 5.41) is 69.1. The van der Waals surface area contributed by atoms with Crippen molar-refractivity contribution in [3.8, 4) is 0 Å². The fourth-order valence-electron chi connectivity index (χ4n) is 6.32. The van der Waals surface area contributed by atoms with Crippen LogP contribution in [0, 0.1) is 12.7 Å². The van der Waals surface area contributed by atoms with E-state index in [1.54, 1.807) is 0 Å². The molecule has 12 nitrogen and oxygen atoms in total. The van der Waals surface area contributed by atoms with Crippen LogP contribution in [0.2, 0.25) is 0 Å². The van der Waals surface area contributed by atoms with Gasteiger partial charge in [-0.05, 0) is 60.9 Å². The quantitative estimate of drug-likeness (QED) is 0.202. The van der Waals surface area contributed by atoms with Crippen LogP contribution in [-0.2, 0) is 11.0 Å². The lowest BCUT2D eigenvalue weighted by Gasteiger charge is -2.61. The summed E-state index contributed by atoms with van der Waals surface area (Å²) in [5.74, 6) is -12.8. The van der Waals surface area contributed by atoms with Gasteiger partial charge in [0, 0.05) is 45.7 Å². The molecule has 18 heteroatoms. The third kappa shape index (κ3) is 6.45. The van der Waals surface area contributed by atoms with Gasteiger partial charge in [0.25, 0.3) is 12.2 Å². The number of alkyl halides is 5. The average molecular weight is 695 g/mol. The van der Waals surface area contributed by atoms with Crippen LogP contribution < -0.4 is 0 Å². The highest BCUT2D eigenvalue weighted by molar-refractivity contribution is 5.77. The van der Waals surface area contributed by atoms with Crippen molar-refractivity contribution in [3.63, 3.8) is 0 Å². The highest BCUT2D eigenvalue weighted by Gasteiger charge is 2.74. The van der Waals surface area contributed by atoms with E-state index >= 15 is 0 Å². The molecule has 2 aromatic carbocycles. The van der Waals surface area contributed by atoms with Gasteiger partial charge in [0.1, 0.15) is 17.9 Å². The smallest absolute Gasteiger partial charge is 0.362 e. The van der Waals surface area contributed by atoms with E-state index < -0.39 is 76.8 Å². The van der Waals surface area contributed by atoms with E-state index in [0.29, 0.717) is 17.0 Å². The molecule has 2 fully saturated rings. The lowest BCUT2D eigenvalue weighted by Crippen LogP contribution is -2.85. The largest absolute Gasteiger partial charge is 0.416 e. The van der Waals surface area contributed by atoms with Crippen molar-refractivity contribution in [1.29, 1.82) is 0 Å². The van der Waals surface area contributed by atoms with Crippen molar-refractivity contribution < 1.29 is 66.6 Å². The molecular formula is C30H36F6N4O8. The average Bonchev–Trinajstić information content (AvgIpc) is 2.97. The molecule has 2 saturated heterocycles. The van der Waals surface area contributed by atoms with Gasteiger partial charge in [0.05, 0.1) is 11.6 Å². The van der Waals surface area contributed by atoms with Crippen LogP contribution in [0.4, 0.5) is 31.1 Å². The predicted octanol–water partition coefficient (Wildman–Crippen LogP) is 1.79. The molecule has 0 spiro atoms. The van der Waals surface area contributed by atoms with Crippen molar-refractivity contribution in [1.82, 2.24) is 19.6 Å². The van der Waals surface area contributed by atoms with Gasteiger partial charge in [-0.1, -0.05) is 6.07 Å². The van der Waals surface area contributed by atoms with E-state index in [1.807, 2.05) is 0 Å². The topological polar surface area (TPSA) is 168 Å². The molecule has 48 heavy (non-hydrogen) atoms. The lowest BCUT2D eigenvalue weighted by molar-refractivity contribution is -0.482. The van der Waals surface area contributed by atoms with Gasteiger partial charge in [-0.3, -0.25) is 14.6 Å². The second kappa shape index (κ2) is 12.7. The van der Waals surface area contributed by atoms with Crippen LogP contribution in [0.1, 0.15) is 60.2 Å². The van der Waals surface area contributed by atoms with Gasteiger partial charge in [0.2, 0.25) is 11.7 Å². The number of benzene rings is 2. The summed E-state index contributed by atoms with van der Waals surface area (Å²) in [4.78, 5) is 28.8. The minimum Gasteiger partial charge on any atom is -0.362 e. The molecule has 266 valence electrons. The van der Waals surface area contributed by atoms with Gasteiger partial charge in [-0.25, -0.2) is 18.0 Å². The molecule has 0 saturated carbocycles. The molecule has 2 aliphatic heterocycles. The number of carbonyl (C=O) groups excluding carboxylic acids is 2. The predicted molar refractivity (Wildman–Crippen MR) is 153 cm³/mol. The van der Waals surface area contributed by atoms with Crippen LogP contribution in [0.25, 0.3) is 0 Å². The molecule has 0 aliphatic carbocycles. The first-order valence-electron chi connectivity index (χ1n) is 14.6. The third-order valence-electron chi connectivity index (χ3n) is 9.05. The van der Waals surface area contributed by atoms with Gasteiger partial charge >= 0.3 is 18.1 Å². The summed E-state index contributed by atoms with van der Waals surface area (Å²) < 4.78 is 82.1. The molecule has 0 aromatic heterocycles. The van der Waals surface area contributed by atoms with Crippen molar-refractivity contribution in [3.05, 3.63) is 70.0 Å². The summed E-state index contributed by atoms with van der Waals surface area (Å²) in [6.07, 6.45) is -8.42. The zero-order valence-corrected chi connectivity index (χ0v) is 26.2. The normalized spacial score (nSPS) is 23.3. The number of nitrogens with zero attached hydrogens (tertiary/aromatic N) is 4. The number of halogens is 6. The van der Waals surface area contributed by atoms with Crippen LogP contribution in [0.5, 0.6) is 0 Å². The number of aliphatic hydroxyl groups is 6. The molecule has 3 atom stereocenters. The minimum absolute atomic E-state index is 0.0530. The van der Waals surface area contributed by atoms with E-state index in [1.165, 1.54) is 18.7 Å². The van der Waals surface area contributed by atoms with E-state index in [9.17, 15) is 66.6 Å². The molecule has 2 aromatic rings. The van der Waals surface area contributed by atoms with Crippen LogP contribution in [0.15, 0.2) is 36.4 Å². The maximum atomic E-state index is 14.2. The Morgan fingerprint density at radius 2 is 1.50 bits per heavy atom. The molecule has 4 rings (SSSR count). The number of rotatable bonds is 5. The van der Waals surface area contributed by atoms with E-state index in [-0.39, 0.29) is 54.2 Å². The maximum Gasteiger partial charge on any atom is 0.416 e. The number of likely N-dealkylation sites (tertiary alicyclic amines) is 1. The monoisotopic (exact) mass is 694 g/mol. The van der Waals surface area contributed by atoms with Crippen molar-refractivity contribution in [2.24, 2.45) is 0 Å². The Morgan fingerprint density at radius 1 is 0.938 bits per heavy atom. The first-order chi connectivity index (χ1) is 21.9. The fraction of sp³-hybridized carbons (Fsp3) is 0.533. The molecule has 2 heterocycles. The summed E-state index contributed by atoms with van der Waals surface area (Å²) in [7, 11) is 0.917. The van der Waals surface area contributed by atoms with E-state index in [2.05, 4.69) is 0 Å². The van der Waals surface area contributed by atoms with Gasteiger partial charge in [-0.15, -0.1) is 0 Å². The Morgan fingerprint density at radius 3 is 2.00 bits per heavy atom. The molecule has 3 amide bonds. The maximum absolute atomic E-state index is 14.2. The second-order valence-electron chi connectivity index (χ2n) is 12.1. The SMILES string of the molecule is CC(=O)N1CCN(C2C(O)(O)C(c3ccc(F)cc3C)N(C(=O)N(C)C(C)c3cc(C(F)F)cc(C(F)(F)F)c3)C(O)(O)C2(O)O)CC1. The summed E-state index contributed by atoms with van der Waals surface area (Å²) >= 11 is 0. The number of piperazine rings is 1. The molecule has 2 aliphatic rings. The van der Waals surface area contributed by atoms with Crippen molar-refractivity contribution in [2.75, 3.05) is 33.2 Å². The van der Waals surface area contributed by atoms with E-state index in [4.69, 9.17) is 0 Å². The standard InChI is InChI=1S/C30H36F6N4O8/c1-15-11-21(31)5-6-22(15)23-27(43,44)25(39-9-7-38(8-10-39)17(3)41)28(45,46)30(47,48)40(23)26(42)37(4)16(2)18-12-19(24(32)33)14-20(13-18)29(34,35)36/h5-6,11-14,16,23-25,43-48H,7-10H2,1-4H3. The number of carbonyl (C=O) groups is 2. The summed E-state index contributed by atoms with van der Waals surface area (Å²) in [6.45, 7) is 3.06. The number of hydrogen-bond donors (Lipinski definition) is 6. The molecule has 3 unspecified atom stereocenters. The summed E-state index contributed by atoms with van der Waals surface area (Å²) in [5.41, 5.74) is -3.37. The summed E-state index contributed by atoms with van der Waals surface area (Å²) in [6, 6.07) is -3.81. The third-order valence-corrected chi connectivity index (χ3v) is 9.05. The first kappa shape index (κ1) is 37.3. The number of amides is 3. The first-order valence-corrected chi connectivity index (χ1v) is 14.6. The highest BCUT2D eigenvalue weighted by Crippen LogP contribution is 2.51. The molecule has 0 bridgehead atoms. The molecular weight excluding hydrogens is 658 g/mol. The van der Waals surface area contributed by atoms with Crippen molar-refractivity contribution >= 4 is 11.9 Å². The zero-order chi connectivity index (χ0) is 36.3. The Hall–Kier alpha value is -3.52. The molecule has 6 N–H and O–H groups in total. The Kier molecular flexibility index (Phi) is 9.90. The van der Waals surface area contributed by atoms with Gasteiger partial charge in [0.15, 0.2) is 0 Å². The minimum atomic E-state index is -5.07. The van der Waals surface area contributed by atoms with Crippen molar-refractivity contribution in [2.45, 2.75) is 69.0 Å². The van der Waals surface area contributed by atoms with E-state index in [0.717, 1.165) is 37.1 Å². The number of hydrogen-bond acceptors (Lipinski definition) is 9. The van der Waals surface area contributed by atoms with Crippen LogP contribution in [-0.4, -0.2) is 119 Å². The van der Waals surface area contributed by atoms with Gasteiger partial charge in [-0.2, -0.15) is 13.2 Å². The fourth-order valence-corrected chi connectivity index (χ4v) is 6.32. The number of piperidine rings is 1. The van der Waals surface area contributed by atoms with Gasteiger partial charge < -0.3 is 40.4 Å². The Labute approximate surface area is 270 Å². The molecule has 0 radical (unpaired) electrons. The number of aryl methyl sites for hydroxylation is 1. The highest BCUT2D eigenvalue weighted by atomic mass is 19.4. The van der Waals surface area contributed by atoms with Crippen LogP contribution >= 0.6 is 0 Å². The Bertz CT molecular complexity index is 1550. The number of urea groups is 1. The Balaban J connectivity index is 1.86. The lowest BCUT2D eigenvalue weighted by atomic mass is 9.77.